The van der Waals surface area contributed by atoms with Gasteiger partial charge in [-0.25, -0.2) is 8.78 Å². The predicted molar refractivity (Wildman–Crippen MR) is 84.3 cm³/mol. The number of ether oxygens (including phenoxy) is 1. The average molecular weight is 326 g/mol. The lowest BCUT2D eigenvalue weighted by atomic mass is 9.93. The van der Waals surface area contributed by atoms with Crippen LogP contribution in [0.2, 0.25) is 0 Å². The molecule has 23 heavy (non-hydrogen) atoms. The van der Waals surface area contributed by atoms with E-state index in [1.54, 1.807) is 6.92 Å². The van der Waals surface area contributed by atoms with E-state index in [4.69, 9.17) is 4.74 Å². The van der Waals surface area contributed by atoms with Crippen LogP contribution in [0, 0.1) is 17.6 Å². The van der Waals surface area contributed by atoms with Gasteiger partial charge < -0.3 is 15.4 Å². The summed E-state index contributed by atoms with van der Waals surface area (Å²) < 4.78 is 31.5. The zero-order valence-corrected chi connectivity index (χ0v) is 13.4. The molecule has 1 saturated heterocycles. The normalized spacial score (nSPS) is 16.8. The fourth-order valence-corrected chi connectivity index (χ4v) is 2.70. The Morgan fingerprint density at radius 2 is 2.13 bits per heavy atom. The largest absolute Gasteiger partial charge is 0.488 e. The molecular weight excluding hydrogens is 302 g/mol. The lowest BCUT2D eigenvalue weighted by Gasteiger charge is -2.22. The van der Waals surface area contributed by atoms with Gasteiger partial charge in [-0.05, 0) is 57.3 Å². The zero-order valence-electron chi connectivity index (χ0n) is 13.4. The molecule has 0 saturated carbocycles. The molecule has 2 rings (SSSR count). The Morgan fingerprint density at radius 1 is 1.39 bits per heavy atom. The number of hydrogen-bond acceptors (Lipinski definition) is 3. The third-order valence-corrected chi connectivity index (χ3v) is 4.03. The smallest absolute Gasteiger partial charge is 0.220 e. The first-order valence-electron chi connectivity index (χ1n) is 8.12. The number of carbonyl (C=O) groups excluding carboxylic acids is 1. The van der Waals surface area contributed by atoms with Gasteiger partial charge in [0.15, 0.2) is 11.6 Å². The molecule has 128 valence electrons. The highest BCUT2D eigenvalue weighted by molar-refractivity contribution is 5.76. The van der Waals surface area contributed by atoms with E-state index in [9.17, 15) is 13.6 Å². The number of amides is 1. The maximum Gasteiger partial charge on any atom is 0.220 e. The highest BCUT2D eigenvalue weighted by Crippen LogP contribution is 2.18. The fraction of sp³-hybridized carbons (Fsp3) is 0.588. The molecule has 1 aromatic rings. The summed E-state index contributed by atoms with van der Waals surface area (Å²) in [5, 5.41) is 6.15. The number of nitrogens with one attached hydrogen (secondary N) is 2. The summed E-state index contributed by atoms with van der Waals surface area (Å²) in [6.45, 7) is 3.99. The van der Waals surface area contributed by atoms with E-state index >= 15 is 0 Å². The van der Waals surface area contributed by atoms with Gasteiger partial charge in [0.05, 0.1) is 6.04 Å². The molecule has 0 spiro atoms. The van der Waals surface area contributed by atoms with Crippen LogP contribution < -0.4 is 15.4 Å². The third kappa shape index (κ3) is 6.14. The molecule has 1 fully saturated rings. The molecule has 6 heteroatoms. The molecule has 0 radical (unpaired) electrons. The molecular formula is C17H24F2N2O2. The summed E-state index contributed by atoms with van der Waals surface area (Å²) in [5.41, 5.74) is 0. The van der Waals surface area contributed by atoms with E-state index in [-0.39, 0.29) is 24.3 Å². The Hall–Kier alpha value is -1.69. The second kappa shape index (κ2) is 8.82. The molecule has 1 unspecified atom stereocenters. The van der Waals surface area contributed by atoms with Gasteiger partial charge in [-0.2, -0.15) is 0 Å². The van der Waals surface area contributed by atoms with Crippen molar-refractivity contribution in [2.75, 3.05) is 19.7 Å². The van der Waals surface area contributed by atoms with E-state index in [0.29, 0.717) is 12.3 Å². The minimum atomic E-state index is -0.741. The van der Waals surface area contributed by atoms with Crippen molar-refractivity contribution in [2.24, 2.45) is 5.92 Å². The summed E-state index contributed by atoms with van der Waals surface area (Å²) in [6.07, 6.45) is 3.64. The van der Waals surface area contributed by atoms with Gasteiger partial charge in [-0.1, -0.05) is 0 Å². The van der Waals surface area contributed by atoms with Gasteiger partial charge in [-0.15, -0.1) is 0 Å². The standard InChI is InChI=1S/C17H24F2N2O2/c1-12(11-23-16-4-3-14(18)10-15(16)19)21-17(22)5-2-13-6-8-20-9-7-13/h3-4,10,12-13,20H,2,5-9,11H2,1H3,(H,21,22). The van der Waals surface area contributed by atoms with Gasteiger partial charge >= 0.3 is 0 Å². The van der Waals surface area contributed by atoms with E-state index in [1.807, 2.05) is 0 Å². The highest BCUT2D eigenvalue weighted by Gasteiger charge is 2.16. The van der Waals surface area contributed by atoms with Crippen molar-refractivity contribution in [1.29, 1.82) is 0 Å². The lowest BCUT2D eigenvalue weighted by Crippen LogP contribution is -2.37. The average Bonchev–Trinajstić information content (AvgIpc) is 2.53. The maximum atomic E-state index is 13.4. The van der Waals surface area contributed by atoms with Crippen molar-refractivity contribution in [3.8, 4) is 5.75 Å². The van der Waals surface area contributed by atoms with Crippen LogP contribution in [0.5, 0.6) is 5.75 Å². The van der Waals surface area contributed by atoms with Crippen LogP contribution in [0.4, 0.5) is 8.78 Å². The van der Waals surface area contributed by atoms with Crippen LogP contribution in [-0.4, -0.2) is 31.6 Å². The molecule has 1 aliphatic rings. The highest BCUT2D eigenvalue weighted by atomic mass is 19.1. The van der Waals surface area contributed by atoms with Gasteiger partial charge in [-0.3, -0.25) is 4.79 Å². The van der Waals surface area contributed by atoms with Crippen LogP contribution >= 0.6 is 0 Å². The van der Waals surface area contributed by atoms with Gasteiger partial charge in [0.25, 0.3) is 0 Å². The Labute approximate surface area is 135 Å². The quantitative estimate of drug-likeness (QED) is 0.810. The van der Waals surface area contributed by atoms with E-state index < -0.39 is 11.6 Å². The van der Waals surface area contributed by atoms with Gasteiger partial charge in [0.1, 0.15) is 12.4 Å². The van der Waals surface area contributed by atoms with Gasteiger partial charge in [0.2, 0.25) is 5.91 Å². The molecule has 0 aliphatic carbocycles. The molecule has 2 N–H and O–H groups in total. The summed E-state index contributed by atoms with van der Waals surface area (Å²) in [5.74, 6) is -0.799. The first kappa shape index (κ1) is 17.7. The van der Waals surface area contributed by atoms with Crippen LogP contribution in [0.1, 0.15) is 32.6 Å². The number of halogens is 2. The molecule has 0 aromatic heterocycles. The molecule has 1 heterocycles. The summed E-state index contributed by atoms with van der Waals surface area (Å²) in [6, 6.07) is 2.93. The Balaban J connectivity index is 1.67. The fourth-order valence-electron chi connectivity index (χ4n) is 2.70. The lowest BCUT2D eigenvalue weighted by molar-refractivity contribution is -0.122. The minimum Gasteiger partial charge on any atom is -0.488 e. The molecule has 0 bridgehead atoms. The predicted octanol–water partition coefficient (Wildman–Crippen LogP) is 2.63. The van der Waals surface area contributed by atoms with Gasteiger partial charge in [0, 0.05) is 12.5 Å². The first-order valence-corrected chi connectivity index (χ1v) is 8.12. The second-order valence-corrected chi connectivity index (χ2v) is 6.09. The van der Waals surface area contributed by atoms with Crippen LogP contribution in [0.25, 0.3) is 0 Å². The first-order chi connectivity index (χ1) is 11.0. The Kier molecular flexibility index (Phi) is 6.77. The zero-order chi connectivity index (χ0) is 16.7. The van der Waals surface area contributed by atoms with Crippen molar-refractivity contribution in [2.45, 2.75) is 38.6 Å². The van der Waals surface area contributed by atoms with Crippen molar-refractivity contribution in [3.63, 3.8) is 0 Å². The number of piperidine rings is 1. The van der Waals surface area contributed by atoms with Crippen LogP contribution in [0.15, 0.2) is 18.2 Å². The third-order valence-electron chi connectivity index (χ3n) is 4.03. The topological polar surface area (TPSA) is 50.4 Å². The molecule has 1 amide bonds. The van der Waals surface area contributed by atoms with Crippen molar-refractivity contribution >= 4 is 5.91 Å². The van der Waals surface area contributed by atoms with E-state index in [0.717, 1.165) is 44.5 Å². The molecule has 1 atom stereocenters. The van der Waals surface area contributed by atoms with Crippen molar-refractivity contribution < 1.29 is 18.3 Å². The van der Waals surface area contributed by atoms with Crippen LogP contribution in [0.3, 0.4) is 0 Å². The number of benzene rings is 1. The second-order valence-electron chi connectivity index (χ2n) is 6.09. The SMILES string of the molecule is CC(COc1ccc(F)cc1F)NC(=O)CCC1CCNCC1. The van der Waals surface area contributed by atoms with Crippen LogP contribution in [-0.2, 0) is 4.79 Å². The summed E-state index contributed by atoms with van der Waals surface area (Å²) in [4.78, 5) is 11.9. The Bertz CT molecular complexity index is 519. The maximum absolute atomic E-state index is 13.4. The number of carbonyl (C=O) groups is 1. The monoisotopic (exact) mass is 326 g/mol. The van der Waals surface area contributed by atoms with E-state index in [1.165, 1.54) is 6.07 Å². The summed E-state index contributed by atoms with van der Waals surface area (Å²) >= 11 is 0. The molecule has 1 aromatic carbocycles. The van der Waals surface area contributed by atoms with E-state index in [2.05, 4.69) is 10.6 Å². The minimum absolute atomic E-state index is 0.0118. The van der Waals surface area contributed by atoms with Crippen molar-refractivity contribution in [3.05, 3.63) is 29.8 Å². The summed E-state index contributed by atoms with van der Waals surface area (Å²) in [7, 11) is 0. The number of rotatable bonds is 7. The molecule has 4 nitrogen and oxygen atoms in total. The number of hydrogen-bond donors (Lipinski definition) is 2. The Morgan fingerprint density at radius 3 is 2.83 bits per heavy atom. The molecule has 1 aliphatic heterocycles. The van der Waals surface area contributed by atoms with Crippen molar-refractivity contribution in [1.82, 2.24) is 10.6 Å².